The lowest BCUT2D eigenvalue weighted by Gasteiger charge is -2.45. The number of carbonyl (C=O) groups excluding carboxylic acids is 1. The molecule has 0 radical (unpaired) electrons. The first-order chi connectivity index (χ1) is 13.8. The number of amides is 1. The van der Waals surface area contributed by atoms with Gasteiger partial charge < -0.3 is 9.64 Å². The molecule has 0 spiro atoms. The molecule has 3 aliphatic rings. The van der Waals surface area contributed by atoms with E-state index in [1.54, 1.807) is 25.3 Å². The molecule has 1 aromatic carbocycles. The SMILES string of the molecule is COC1CC2CCC(C1)N2C(=O)C1(NS(=O)(=O)c2cccc(C)c2)CCCCC1. The van der Waals surface area contributed by atoms with Crippen LogP contribution in [0.4, 0.5) is 0 Å². The third-order valence-corrected chi connectivity index (χ3v) is 8.54. The second kappa shape index (κ2) is 8.00. The van der Waals surface area contributed by atoms with Gasteiger partial charge >= 0.3 is 0 Å². The summed E-state index contributed by atoms with van der Waals surface area (Å²) in [5.41, 5.74) is -0.140. The van der Waals surface area contributed by atoms with Crippen LogP contribution in [0.25, 0.3) is 0 Å². The van der Waals surface area contributed by atoms with E-state index in [0.29, 0.717) is 12.8 Å². The van der Waals surface area contributed by atoms with Crippen molar-refractivity contribution in [3.05, 3.63) is 29.8 Å². The van der Waals surface area contributed by atoms with Gasteiger partial charge in [0.25, 0.3) is 0 Å². The lowest BCUT2D eigenvalue weighted by molar-refractivity contribution is -0.146. The highest BCUT2D eigenvalue weighted by atomic mass is 32.2. The van der Waals surface area contributed by atoms with Crippen LogP contribution >= 0.6 is 0 Å². The highest BCUT2D eigenvalue weighted by Gasteiger charge is 2.52. The molecule has 2 atom stereocenters. The smallest absolute Gasteiger partial charge is 0.244 e. The molecule has 2 unspecified atom stereocenters. The number of ether oxygens (including phenoxy) is 1. The standard InChI is InChI=1S/C22H32N2O4S/c1-16-7-6-8-20(13-16)29(26,27)23-22(11-4-3-5-12-22)21(25)24-17-9-10-18(24)15-19(14-17)28-2/h6-8,13,17-19,23H,3-5,9-12,14-15H2,1-2H3. The summed E-state index contributed by atoms with van der Waals surface area (Å²) in [6.07, 6.45) is 7.77. The van der Waals surface area contributed by atoms with Crippen molar-refractivity contribution in [3.63, 3.8) is 0 Å². The van der Waals surface area contributed by atoms with E-state index >= 15 is 0 Å². The van der Waals surface area contributed by atoms with Gasteiger partial charge in [-0.15, -0.1) is 0 Å². The first kappa shape index (κ1) is 20.8. The van der Waals surface area contributed by atoms with Crippen LogP contribution in [0.5, 0.6) is 0 Å². The van der Waals surface area contributed by atoms with Crippen molar-refractivity contribution in [3.8, 4) is 0 Å². The highest BCUT2D eigenvalue weighted by molar-refractivity contribution is 7.89. The van der Waals surface area contributed by atoms with Crippen LogP contribution in [0.15, 0.2) is 29.2 Å². The quantitative estimate of drug-likeness (QED) is 0.794. The molecular weight excluding hydrogens is 388 g/mol. The Balaban J connectivity index is 1.63. The Morgan fingerprint density at radius 1 is 1.14 bits per heavy atom. The minimum Gasteiger partial charge on any atom is -0.381 e. The number of nitrogens with one attached hydrogen (secondary N) is 1. The van der Waals surface area contributed by atoms with Crippen LogP contribution in [-0.4, -0.2) is 50.1 Å². The number of fused-ring (bicyclic) bond motifs is 2. The summed E-state index contributed by atoms with van der Waals surface area (Å²) in [6, 6.07) is 7.20. The molecule has 2 bridgehead atoms. The van der Waals surface area contributed by atoms with Gasteiger partial charge in [0.2, 0.25) is 15.9 Å². The molecule has 0 aromatic heterocycles. The number of benzene rings is 1. The number of aryl methyl sites for hydroxylation is 1. The van der Waals surface area contributed by atoms with E-state index in [1.807, 2.05) is 17.9 Å². The molecule has 160 valence electrons. The van der Waals surface area contributed by atoms with E-state index in [2.05, 4.69) is 4.72 Å². The molecule has 1 saturated carbocycles. The largest absolute Gasteiger partial charge is 0.381 e. The molecule has 1 N–H and O–H groups in total. The van der Waals surface area contributed by atoms with Crippen molar-refractivity contribution in [2.45, 2.75) is 93.3 Å². The van der Waals surface area contributed by atoms with Gasteiger partial charge in [-0.3, -0.25) is 4.79 Å². The van der Waals surface area contributed by atoms with E-state index in [-0.39, 0.29) is 29.0 Å². The van der Waals surface area contributed by atoms with Gasteiger partial charge in [-0.1, -0.05) is 31.4 Å². The maximum atomic E-state index is 13.9. The molecule has 4 rings (SSSR count). The van der Waals surface area contributed by atoms with Crippen LogP contribution < -0.4 is 4.72 Å². The zero-order valence-corrected chi connectivity index (χ0v) is 18.2. The van der Waals surface area contributed by atoms with E-state index < -0.39 is 15.6 Å². The van der Waals surface area contributed by atoms with Crippen LogP contribution in [0, 0.1) is 6.92 Å². The molecule has 2 aliphatic heterocycles. The number of sulfonamides is 1. The van der Waals surface area contributed by atoms with Crippen LogP contribution in [0.1, 0.15) is 63.4 Å². The van der Waals surface area contributed by atoms with Gasteiger partial charge in [0, 0.05) is 19.2 Å². The summed E-state index contributed by atoms with van der Waals surface area (Å²) >= 11 is 0. The number of hydrogen-bond donors (Lipinski definition) is 1. The molecule has 1 aromatic rings. The van der Waals surface area contributed by atoms with Gasteiger partial charge in [-0.25, -0.2) is 8.42 Å². The summed E-state index contributed by atoms with van der Waals surface area (Å²) in [7, 11) is -2.04. The summed E-state index contributed by atoms with van der Waals surface area (Å²) in [4.78, 5) is 16.1. The number of rotatable bonds is 5. The predicted molar refractivity (Wildman–Crippen MR) is 111 cm³/mol. The van der Waals surface area contributed by atoms with Gasteiger partial charge in [-0.2, -0.15) is 4.72 Å². The minimum atomic E-state index is -3.78. The Labute approximate surface area is 174 Å². The molecular formula is C22H32N2O4S. The Hall–Kier alpha value is -1.44. The highest BCUT2D eigenvalue weighted by Crippen LogP contribution is 2.41. The Morgan fingerprint density at radius 3 is 2.38 bits per heavy atom. The Bertz CT molecular complexity index is 849. The van der Waals surface area contributed by atoms with Crippen LogP contribution in [-0.2, 0) is 19.6 Å². The van der Waals surface area contributed by atoms with E-state index in [9.17, 15) is 13.2 Å². The molecule has 29 heavy (non-hydrogen) atoms. The number of piperidine rings is 1. The van der Waals surface area contributed by atoms with Gasteiger partial charge in [-0.05, 0) is 63.1 Å². The van der Waals surface area contributed by atoms with Crippen molar-refractivity contribution < 1.29 is 17.9 Å². The molecule has 1 amide bonds. The van der Waals surface area contributed by atoms with Gasteiger partial charge in [0.05, 0.1) is 11.0 Å². The van der Waals surface area contributed by atoms with Crippen molar-refractivity contribution in [1.82, 2.24) is 9.62 Å². The predicted octanol–water partition coefficient (Wildman–Crippen LogP) is 3.14. The summed E-state index contributed by atoms with van der Waals surface area (Å²) in [5.74, 6) is -0.0181. The Kier molecular flexibility index (Phi) is 5.75. The number of methoxy groups -OCH3 is 1. The van der Waals surface area contributed by atoms with E-state index in [1.165, 1.54) is 0 Å². The third kappa shape index (κ3) is 3.97. The van der Waals surface area contributed by atoms with Gasteiger partial charge in [0.15, 0.2) is 0 Å². The lowest BCUT2D eigenvalue weighted by Crippen LogP contribution is -2.63. The molecule has 7 heteroatoms. The monoisotopic (exact) mass is 420 g/mol. The first-order valence-electron chi connectivity index (χ1n) is 10.8. The second-order valence-corrected chi connectivity index (χ2v) is 10.7. The zero-order valence-electron chi connectivity index (χ0n) is 17.4. The molecule has 2 heterocycles. The fourth-order valence-corrected chi connectivity index (χ4v) is 7.03. The van der Waals surface area contributed by atoms with E-state index in [0.717, 1.165) is 50.5 Å². The molecule has 1 aliphatic carbocycles. The normalized spacial score (nSPS) is 29.0. The Morgan fingerprint density at radius 2 is 1.79 bits per heavy atom. The van der Waals surface area contributed by atoms with Crippen LogP contribution in [0.2, 0.25) is 0 Å². The second-order valence-electron chi connectivity index (χ2n) is 8.99. The van der Waals surface area contributed by atoms with Crippen molar-refractivity contribution in [2.24, 2.45) is 0 Å². The maximum Gasteiger partial charge on any atom is 0.244 e. The zero-order chi connectivity index (χ0) is 20.6. The average Bonchev–Trinajstić information content (AvgIpc) is 2.97. The fraction of sp³-hybridized carbons (Fsp3) is 0.682. The minimum absolute atomic E-state index is 0.0181. The van der Waals surface area contributed by atoms with Crippen molar-refractivity contribution >= 4 is 15.9 Å². The molecule has 6 nitrogen and oxygen atoms in total. The first-order valence-corrected chi connectivity index (χ1v) is 12.3. The summed E-state index contributed by atoms with van der Waals surface area (Å²) < 4.78 is 34.9. The molecule has 3 fully saturated rings. The van der Waals surface area contributed by atoms with Crippen LogP contribution in [0.3, 0.4) is 0 Å². The third-order valence-electron chi connectivity index (χ3n) is 7.00. The summed E-state index contributed by atoms with van der Waals surface area (Å²) in [5, 5.41) is 0. The fourth-order valence-electron chi connectivity index (χ4n) is 5.51. The summed E-state index contributed by atoms with van der Waals surface area (Å²) in [6.45, 7) is 1.87. The maximum absolute atomic E-state index is 13.9. The van der Waals surface area contributed by atoms with Crippen molar-refractivity contribution in [2.75, 3.05) is 7.11 Å². The van der Waals surface area contributed by atoms with E-state index in [4.69, 9.17) is 4.74 Å². The molecule has 2 saturated heterocycles. The van der Waals surface area contributed by atoms with Crippen molar-refractivity contribution in [1.29, 1.82) is 0 Å². The van der Waals surface area contributed by atoms with Gasteiger partial charge in [0.1, 0.15) is 5.54 Å². The number of carbonyl (C=O) groups is 1. The lowest BCUT2D eigenvalue weighted by atomic mass is 9.80. The topological polar surface area (TPSA) is 75.7 Å². The number of hydrogen-bond acceptors (Lipinski definition) is 4. The number of nitrogens with zero attached hydrogens (tertiary/aromatic N) is 1. The average molecular weight is 421 g/mol.